The minimum Gasteiger partial charge on any atom is -0.494 e. The van der Waals surface area contributed by atoms with Gasteiger partial charge in [-0.05, 0) is 62.4 Å². The van der Waals surface area contributed by atoms with Crippen molar-refractivity contribution in [1.82, 2.24) is 0 Å². The molecule has 0 N–H and O–H groups in total. The van der Waals surface area contributed by atoms with Gasteiger partial charge in [-0.3, -0.25) is 4.79 Å². The Labute approximate surface area is 154 Å². The number of hydrogen-bond donors (Lipinski definition) is 0. The van der Waals surface area contributed by atoms with Crippen LogP contribution in [0.2, 0.25) is 0 Å². The molecule has 0 aliphatic rings. The monoisotopic (exact) mass is 342 g/mol. The number of carbonyl (C=O) groups is 1. The Balaban J connectivity index is 0.00000134. The van der Waals surface area contributed by atoms with Crippen LogP contribution in [0.15, 0.2) is 48.5 Å². The van der Waals surface area contributed by atoms with Crippen molar-refractivity contribution in [3.8, 4) is 5.75 Å². The maximum atomic E-state index is 11.4. The quantitative estimate of drug-likeness (QED) is 0.416. The molecular formula is C23H34O2. The van der Waals surface area contributed by atoms with E-state index in [0.29, 0.717) is 6.61 Å². The number of ketones is 1. The summed E-state index contributed by atoms with van der Waals surface area (Å²) in [5.74, 6) is 0.944. The van der Waals surface area contributed by atoms with E-state index in [9.17, 15) is 4.79 Å². The molecule has 0 heterocycles. The van der Waals surface area contributed by atoms with Crippen LogP contribution in [0.25, 0.3) is 0 Å². The van der Waals surface area contributed by atoms with Gasteiger partial charge in [0.05, 0.1) is 6.61 Å². The van der Waals surface area contributed by atoms with Gasteiger partial charge in [-0.15, -0.1) is 0 Å². The van der Waals surface area contributed by atoms with Gasteiger partial charge >= 0.3 is 0 Å². The first kappa shape index (κ1) is 22.9. The highest BCUT2D eigenvalue weighted by Gasteiger charge is 2.04. The van der Waals surface area contributed by atoms with Gasteiger partial charge in [0, 0.05) is 5.56 Å². The molecule has 0 aliphatic carbocycles. The summed E-state index contributed by atoms with van der Waals surface area (Å²) in [7, 11) is 0. The van der Waals surface area contributed by atoms with Crippen molar-refractivity contribution >= 4 is 5.78 Å². The lowest BCUT2D eigenvalue weighted by atomic mass is 10.1. The van der Waals surface area contributed by atoms with Gasteiger partial charge in [0.1, 0.15) is 5.75 Å². The summed E-state index contributed by atoms with van der Waals surface area (Å²) in [6.45, 7) is 12.2. The Kier molecular flexibility index (Phi) is 13.1. The molecule has 0 radical (unpaired) electrons. The number of aryl methyl sites for hydroxylation is 2. The van der Waals surface area contributed by atoms with Gasteiger partial charge in [-0.1, -0.05) is 58.0 Å². The summed E-state index contributed by atoms with van der Waals surface area (Å²) < 4.78 is 5.75. The van der Waals surface area contributed by atoms with E-state index in [-0.39, 0.29) is 5.78 Å². The topological polar surface area (TPSA) is 26.3 Å². The zero-order valence-electron chi connectivity index (χ0n) is 16.8. The summed E-state index contributed by atoms with van der Waals surface area (Å²) in [6, 6.07) is 16.2. The molecule has 2 nitrogen and oxygen atoms in total. The SMILES string of the molecule is CC.CC.CC(=O)c1ccc(OCCCCc2ccccc2)cc1C. The van der Waals surface area contributed by atoms with Crippen molar-refractivity contribution < 1.29 is 9.53 Å². The van der Waals surface area contributed by atoms with E-state index in [2.05, 4.69) is 24.3 Å². The number of unbranched alkanes of at least 4 members (excludes halogenated alkanes) is 1. The summed E-state index contributed by atoms with van der Waals surface area (Å²) >= 11 is 0. The zero-order chi connectivity index (χ0) is 19.1. The van der Waals surface area contributed by atoms with Crippen molar-refractivity contribution in [3.63, 3.8) is 0 Å². The average molecular weight is 343 g/mol. The van der Waals surface area contributed by atoms with Gasteiger partial charge in [-0.2, -0.15) is 0 Å². The van der Waals surface area contributed by atoms with Crippen LogP contribution in [0.3, 0.4) is 0 Å². The minimum absolute atomic E-state index is 0.0990. The van der Waals surface area contributed by atoms with Crippen LogP contribution in [0.1, 0.15) is 68.9 Å². The highest BCUT2D eigenvalue weighted by atomic mass is 16.5. The lowest BCUT2D eigenvalue weighted by Gasteiger charge is -2.09. The highest BCUT2D eigenvalue weighted by Crippen LogP contribution is 2.18. The van der Waals surface area contributed by atoms with E-state index in [0.717, 1.165) is 36.1 Å². The predicted octanol–water partition coefficient (Wildman–Crippen LogP) is 6.65. The van der Waals surface area contributed by atoms with Gasteiger partial charge in [0.25, 0.3) is 0 Å². The largest absolute Gasteiger partial charge is 0.494 e. The molecule has 2 rings (SSSR count). The molecule has 0 unspecified atom stereocenters. The lowest BCUT2D eigenvalue weighted by molar-refractivity contribution is 0.101. The Bertz CT molecular complexity index is 588. The Morgan fingerprint density at radius 3 is 2.12 bits per heavy atom. The third-order valence-corrected chi connectivity index (χ3v) is 3.55. The minimum atomic E-state index is 0.0990. The van der Waals surface area contributed by atoms with Crippen LogP contribution in [0.5, 0.6) is 5.75 Å². The molecule has 0 bridgehead atoms. The van der Waals surface area contributed by atoms with Crippen molar-refractivity contribution in [2.75, 3.05) is 6.61 Å². The van der Waals surface area contributed by atoms with Crippen LogP contribution < -0.4 is 4.74 Å². The molecule has 138 valence electrons. The van der Waals surface area contributed by atoms with E-state index in [4.69, 9.17) is 4.74 Å². The van der Waals surface area contributed by atoms with Gasteiger partial charge in [-0.25, -0.2) is 0 Å². The van der Waals surface area contributed by atoms with Crippen molar-refractivity contribution in [3.05, 3.63) is 65.2 Å². The molecule has 2 heteroatoms. The van der Waals surface area contributed by atoms with E-state index in [1.807, 2.05) is 58.9 Å². The van der Waals surface area contributed by atoms with E-state index < -0.39 is 0 Å². The van der Waals surface area contributed by atoms with E-state index in [1.54, 1.807) is 6.92 Å². The summed E-state index contributed by atoms with van der Waals surface area (Å²) in [5, 5.41) is 0. The van der Waals surface area contributed by atoms with Crippen molar-refractivity contribution in [2.24, 2.45) is 0 Å². The number of hydrogen-bond acceptors (Lipinski definition) is 2. The number of rotatable bonds is 7. The number of Topliss-reactive ketones (excluding diaryl/α,β-unsaturated/α-hetero) is 1. The van der Waals surface area contributed by atoms with Gasteiger partial charge in [0.2, 0.25) is 0 Å². The predicted molar refractivity (Wildman–Crippen MR) is 109 cm³/mol. The Hall–Kier alpha value is -2.09. The molecule has 0 aromatic heterocycles. The molecule has 0 amide bonds. The fraction of sp³-hybridized carbons (Fsp3) is 0.435. The van der Waals surface area contributed by atoms with Crippen molar-refractivity contribution in [2.45, 2.75) is 60.8 Å². The van der Waals surface area contributed by atoms with Crippen LogP contribution >= 0.6 is 0 Å². The molecule has 2 aromatic rings. The van der Waals surface area contributed by atoms with Crippen LogP contribution in [0, 0.1) is 6.92 Å². The van der Waals surface area contributed by atoms with Crippen LogP contribution in [-0.4, -0.2) is 12.4 Å². The highest BCUT2D eigenvalue weighted by molar-refractivity contribution is 5.95. The smallest absolute Gasteiger partial charge is 0.160 e. The maximum Gasteiger partial charge on any atom is 0.160 e. The van der Waals surface area contributed by atoms with Crippen LogP contribution in [0.4, 0.5) is 0 Å². The Morgan fingerprint density at radius 1 is 0.920 bits per heavy atom. The molecule has 0 saturated heterocycles. The molecular weight excluding hydrogens is 308 g/mol. The normalized spacial score (nSPS) is 9.20. The summed E-state index contributed by atoms with van der Waals surface area (Å²) in [5.41, 5.74) is 3.12. The van der Waals surface area contributed by atoms with Gasteiger partial charge in [0.15, 0.2) is 5.78 Å². The fourth-order valence-corrected chi connectivity index (χ4v) is 2.39. The first-order valence-electron chi connectivity index (χ1n) is 9.45. The first-order chi connectivity index (χ1) is 12.2. The zero-order valence-corrected chi connectivity index (χ0v) is 16.8. The van der Waals surface area contributed by atoms with Crippen LogP contribution in [-0.2, 0) is 6.42 Å². The lowest BCUT2D eigenvalue weighted by Crippen LogP contribution is -2.01. The molecule has 25 heavy (non-hydrogen) atoms. The third-order valence-electron chi connectivity index (χ3n) is 3.55. The molecule has 0 aliphatic heterocycles. The summed E-state index contributed by atoms with van der Waals surface area (Å²) in [6.07, 6.45) is 3.24. The second kappa shape index (κ2) is 14.3. The second-order valence-corrected chi connectivity index (χ2v) is 5.32. The Morgan fingerprint density at radius 2 is 1.56 bits per heavy atom. The molecule has 2 aromatic carbocycles. The second-order valence-electron chi connectivity index (χ2n) is 5.32. The molecule has 0 fully saturated rings. The number of carbonyl (C=O) groups excluding carboxylic acids is 1. The average Bonchev–Trinajstić information content (AvgIpc) is 2.65. The molecule has 0 spiro atoms. The summed E-state index contributed by atoms with van der Waals surface area (Å²) in [4.78, 5) is 11.4. The third kappa shape index (κ3) is 9.09. The van der Waals surface area contributed by atoms with Crippen molar-refractivity contribution in [1.29, 1.82) is 0 Å². The van der Waals surface area contributed by atoms with E-state index >= 15 is 0 Å². The fourth-order valence-electron chi connectivity index (χ4n) is 2.39. The molecule has 0 saturated carbocycles. The van der Waals surface area contributed by atoms with Gasteiger partial charge < -0.3 is 4.74 Å². The van der Waals surface area contributed by atoms with E-state index in [1.165, 1.54) is 5.56 Å². The number of ether oxygens (including phenoxy) is 1. The standard InChI is InChI=1S/C19H22O2.2C2H6/c1-15-14-18(11-12-19(15)16(2)20)21-13-7-6-10-17-8-4-3-5-9-17;2*1-2/h3-5,8-9,11-12,14H,6-7,10,13H2,1-2H3;2*1-2H3. The molecule has 0 atom stereocenters. The maximum absolute atomic E-state index is 11.4. The number of benzene rings is 2. The first-order valence-corrected chi connectivity index (χ1v) is 9.45.